The van der Waals surface area contributed by atoms with E-state index in [4.69, 9.17) is 0 Å². The maximum absolute atomic E-state index is 3.51. The van der Waals surface area contributed by atoms with Gasteiger partial charge in [-0.3, -0.25) is 4.90 Å². The largest absolute Gasteiger partial charge is 0.317 e. The van der Waals surface area contributed by atoms with Crippen molar-refractivity contribution in [3.05, 3.63) is 0 Å². The molecule has 0 spiro atoms. The van der Waals surface area contributed by atoms with Crippen LogP contribution in [0.15, 0.2) is 0 Å². The smallest absolute Gasteiger partial charge is 0.0110 e. The Bertz CT molecular complexity index is 144. The predicted molar refractivity (Wildman–Crippen MR) is 66.3 cm³/mol. The van der Waals surface area contributed by atoms with Gasteiger partial charge in [0.05, 0.1) is 0 Å². The average Bonchev–Trinajstić information content (AvgIpc) is 2.30. The van der Waals surface area contributed by atoms with Gasteiger partial charge in [0.25, 0.3) is 0 Å². The van der Waals surface area contributed by atoms with E-state index in [1.54, 1.807) is 0 Å². The van der Waals surface area contributed by atoms with Crippen LogP contribution in [0, 0.1) is 0 Å². The monoisotopic (exact) mass is 213 g/mol. The second-order valence-corrected chi connectivity index (χ2v) is 4.53. The number of hydrogen-bond acceptors (Lipinski definition) is 3. The Morgan fingerprint density at radius 1 is 1.27 bits per heavy atom. The minimum absolute atomic E-state index is 0.737. The van der Waals surface area contributed by atoms with E-state index in [9.17, 15) is 0 Å². The molecule has 1 aliphatic heterocycles. The first-order valence-electron chi connectivity index (χ1n) is 6.50. The Hall–Kier alpha value is -0.120. The molecule has 0 saturated carbocycles. The van der Waals surface area contributed by atoms with Crippen molar-refractivity contribution in [3.63, 3.8) is 0 Å². The molecule has 0 aromatic heterocycles. The molecule has 0 aromatic rings. The van der Waals surface area contributed by atoms with Crippen LogP contribution < -0.4 is 10.6 Å². The summed E-state index contributed by atoms with van der Waals surface area (Å²) in [6.45, 7) is 11.7. The van der Waals surface area contributed by atoms with Crippen LogP contribution >= 0.6 is 0 Å². The van der Waals surface area contributed by atoms with Gasteiger partial charge in [0.15, 0.2) is 0 Å². The van der Waals surface area contributed by atoms with Gasteiger partial charge in [-0.15, -0.1) is 0 Å². The quantitative estimate of drug-likeness (QED) is 0.619. The lowest BCUT2D eigenvalue weighted by Gasteiger charge is -2.32. The highest BCUT2D eigenvalue weighted by Gasteiger charge is 2.15. The summed E-state index contributed by atoms with van der Waals surface area (Å²) in [7, 11) is 0. The molecule has 3 nitrogen and oxygen atoms in total. The molecule has 1 fully saturated rings. The van der Waals surface area contributed by atoms with Crippen LogP contribution in [0.4, 0.5) is 0 Å². The summed E-state index contributed by atoms with van der Waals surface area (Å²) in [5.41, 5.74) is 0. The fourth-order valence-electron chi connectivity index (χ4n) is 2.04. The number of rotatable bonds is 7. The number of piperazine rings is 1. The van der Waals surface area contributed by atoms with Gasteiger partial charge in [-0.05, 0) is 32.9 Å². The van der Waals surface area contributed by atoms with Gasteiger partial charge in [-0.1, -0.05) is 13.3 Å². The second kappa shape index (κ2) is 8.08. The molecule has 0 amide bonds. The lowest BCUT2D eigenvalue weighted by Crippen LogP contribution is -2.48. The Morgan fingerprint density at radius 3 is 2.67 bits per heavy atom. The van der Waals surface area contributed by atoms with Crippen LogP contribution in [0.1, 0.15) is 33.1 Å². The highest BCUT2D eigenvalue weighted by atomic mass is 15.2. The van der Waals surface area contributed by atoms with Crippen LogP contribution in [0.3, 0.4) is 0 Å². The fraction of sp³-hybridized carbons (Fsp3) is 1.00. The van der Waals surface area contributed by atoms with Crippen LogP contribution in [-0.2, 0) is 0 Å². The van der Waals surface area contributed by atoms with Gasteiger partial charge in [-0.25, -0.2) is 0 Å². The zero-order chi connectivity index (χ0) is 10.9. The summed E-state index contributed by atoms with van der Waals surface area (Å²) in [5, 5.41) is 6.91. The zero-order valence-corrected chi connectivity index (χ0v) is 10.4. The second-order valence-electron chi connectivity index (χ2n) is 4.53. The fourth-order valence-corrected chi connectivity index (χ4v) is 2.04. The lowest BCUT2D eigenvalue weighted by atomic mass is 10.2. The van der Waals surface area contributed by atoms with Gasteiger partial charge in [-0.2, -0.15) is 0 Å². The number of hydrogen-bond donors (Lipinski definition) is 2. The van der Waals surface area contributed by atoms with Crippen LogP contribution in [0.2, 0.25) is 0 Å². The highest BCUT2D eigenvalue weighted by molar-refractivity contribution is 4.73. The van der Waals surface area contributed by atoms with Crippen molar-refractivity contribution in [2.24, 2.45) is 0 Å². The maximum Gasteiger partial charge on any atom is 0.0110 e. The summed E-state index contributed by atoms with van der Waals surface area (Å²) in [4.78, 5) is 2.60. The molecule has 1 unspecified atom stereocenters. The molecule has 1 atom stereocenters. The Morgan fingerprint density at radius 2 is 2.00 bits per heavy atom. The SMILES string of the molecule is CCCCNCCC(C)N1CCNCC1. The third-order valence-electron chi connectivity index (χ3n) is 3.22. The molecule has 0 radical (unpaired) electrons. The standard InChI is InChI=1S/C12H27N3/c1-3-4-6-13-7-5-12(2)15-10-8-14-9-11-15/h12-14H,3-11H2,1-2H3. The van der Waals surface area contributed by atoms with E-state index in [0.29, 0.717) is 0 Å². The van der Waals surface area contributed by atoms with E-state index in [1.165, 1.54) is 45.4 Å². The molecule has 1 aliphatic rings. The third-order valence-corrected chi connectivity index (χ3v) is 3.22. The van der Waals surface area contributed by atoms with E-state index in [1.807, 2.05) is 0 Å². The minimum Gasteiger partial charge on any atom is -0.317 e. The Kier molecular flexibility index (Phi) is 6.98. The number of nitrogens with zero attached hydrogens (tertiary/aromatic N) is 1. The first-order valence-corrected chi connectivity index (χ1v) is 6.50. The molecule has 0 aromatic carbocycles. The minimum atomic E-state index is 0.737. The topological polar surface area (TPSA) is 27.3 Å². The Balaban J connectivity index is 1.99. The molecule has 2 N–H and O–H groups in total. The van der Waals surface area contributed by atoms with Crippen molar-refractivity contribution in [1.82, 2.24) is 15.5 Å². The van der Waals surface area contributed by atoms with Gasteiger partial charge in [0, 0.05) is 32.2 Å². The molecule has 3 heteroatoms. The van der Waals surface area contributed by atoms with Gasteiger partial charge < -0.3 is 10.6 Å². The highest BCUT2D eigenvalue weighted by Crippen LogP contribution is 2.04. The number of unbranched alkanes of at least 4 members (excludes halogenated alkanes) is 1. The number of nitrogens with one attached hydrogen (secondary N) is 2. The van der Waals surface area contributed by atoms with Crippen molar-refractivity contribution in [1.29, 1.82) is 0 Å². The molecule has 1 rings (SSSR count). The Labute approximate surface area is 94.6 Å². The average molecular weight is 213 g/mol. The lowest BCUT2D eigenvalue weighted by molar-refractivity contribution is 0.176. The van der Waals surface area contributed by atoms with Crippen molar-refractivity contribution in [3.8, 4) is 0 Å². The predicted octanol–water partition coefficient (Wildman–Crippen LogP) is 1.06. The third kappa shape index (κ3) is 5.50. The molecule has 15 heavy (non-hydrogen) atoms. The summed E-state index contributed by atoms with van der Waals surface area (Å²) in [5.74, 6) is 0. The zero-order valence-electron chi connectivity index (χ0n) is 10.4. The normalized spacial score (nSPS) is 20.4. The molecular weight excluding hydrogens is 186 g/mol. The van der Waals surface area contributed by atoms with E-state index in [2.05, 4.69) is 29.4 Å². The summed E-state index contributed by atoms with van der Waals surface area (Å²) < 4.78 is 0. The van der Waals surface area contributed by atoms with Crippen LogP contribution in [0.5, 0.6) is 0 Å². The summed E-state index contributed by atoms with van der Waals surface area (Å²) in [6.07, 6.45) is 3.88. The molecule has 1 heterocycles. The van der Waals surface area contributed by atoms with Crippen molar-refractivity contribution < 1.29 is 0 Å². The van der Waals surface area contributed by atoms with Crippen LogP contribution in [-0.4, -0.2) is 50.2 Å². The van der Waals surface area contributed by atoms with Gasteiger partial charge in [0.2, 0.25) is 0 Å². The van der Waals surface area contributed by atoms with Crippen LogP contribution in [0.25, 0.3) is 0 Å². The molecule has 1 saturated heterocycles. The summed E-state index contributed by atoms with van der Waals surface area (Å²) >= 11 is 0. The van der Waals surface area contributed by atoms with E-state index < -0.39 is 0 Å². The summed E-state index contributed by atoms with van der Waals surface area (Å²) in [6, 6.07) is 0.737. The van der Waals surface area contributed by atoms with E-state index in [-0.39, 0.29) is 0 Å². The molecule has 0 aliphatic carbocycles. The van der Waals surface area contributed by atoms with Gasteiger partial charge in [0.1, 0.15) is 0 Å². The molecule has 0 bridgehead atoms. The van der Waals surface area contributed by atoms with Gasteiger partial charge >= 0.3 is 0 Å². The molecule has 90 valence electrons. The maximum atomic E-state index is 3.51. The van der Waals surface area contributed by atoms with Crippen molar-refractivity contribution in [2.45, 2.75) is 39.2 Å². The molecular formula is C12H27N3. The van der Waals surface area contributed by atoms with E-state index in [0.717, 1.165) is 19.1 Å². The van der Waals surface area contributed by atoms with Crippen molar-refractivity contribution >= 4 is 0 Å². The first-order chi connectivity index (χ1) is 7.34. The van der Waals surface area contributed by atoms with Crippen molar-refractivity contribution in [2.75, 3.05) is 39.3 Å². The van der Waals surface area contributed by atoms with E-state index >= 15 is 0 Å². The first kappa shape index (κ1) is 12.9.